The summed E-state index contributed by atoms with van der Waals surface area (Å²) in [4.78, 5) is 44.3. The number of carboxylic acid groups (broad SMARTS) is 1. The monoisotopic (exact) mass is 544 g/mol. The third kappa shape index (κ3) is 27.0. The topological polar surface area (TPSA) is 125 Å². The van der Waals surface area contributed by atoms with Crippen molar-refractivity contribution in [2.45, 2.75) is 122 Å². The summed E-state index contributed by atoms with van der Waals surface area (Å²) < 4.78 is 20.6. The van der Waals surface area contributed by atoms with Gasteiger partial charge in [-0.3, -0.25) is 14.4 Å². The minimum atomic E-state index is -1.56. The summed E-state index contributed by atoms with van der Waals surface area (Å²) in [6, 6.07) is 0. The fourth-order valence-electron chi connectivity index (χ4n) is 3.86. The van der Waals surface area contributed by atoms with Gasteiger partial charge in [-0.05, 0) is 6.42 Å². The van der Waals surface area contributed by atoms with Gasteiger partial charge in [-0.1, -0.05) is 96.8 Å². The summed E-state index contributed by atoms with van der Waals surface area (Å²) in [5.41, 5.74) is 0. The van der Waals surface area contributed by atoms with Gasteiger partial charge in [-0.25, -0.2) is 4.79 Å². The molecule has 0 aliphatic carbocycles. The Balaban J connectivity index is 3.27. The summed E-state index contributed by atoms with van der Waals surface area (Å²) in [5, 5.41) is 8.43. The molecule has 0 aromatic heterocycles. The largest absolute Gasteiger partial charge is 0.476 e. The van der Waals surface area contributed by atoms with Crippen LogP contribution in [0.1, 0.15) is 122 Å². The predicted octanol–water partition coefficient (Wildman–Crippen LogP) is 5.80. The van der Waals surface area contributed by atoms with E-state index in [9.17, 15) is 19.2 Å². The van der Waals surface area contributed by atoms with E-state index in [1.807, 2.05) is 0 Å². The van der Waals surface area contributed by atoms with E-state index in [0.29, 0.717) is 26.2 Å². The van der Waals surface area contributed by atoms with Crippen LogP contribution in [0.15, 0.2) is 0 Å². The Hall–Kier alpha value is -2.00. The first-order valence-corrected chi connectivity index (χ1v) is 14.7. The van der Waals surface area contributed by atoms with Crippen LogP contribution in [0.3, 0.4) is 0 Å². The zero-order valence-electron chi connectivity index (χ0n) is 23.7. The SMILES string of the molecule is CCCCCCCCCCCCCCCCCC(=O)OCCOCCOCCOC(=O)CCC(=O)C(=O)O. The number of hydrogen-bond acceptors (Lipinski definition) is 8. The molecule has 0 atom stereocenters. The molecule has 9 nitrogen and oxygen atoms in total. The molecule has 0 saturated heterocycles. The molecule has 0 radical (unpaired) electrons. The van der Waals surface area contributed by atoms with Crippen LogP contribution >= 0.6 is 0 Å². The first-order chi connectivity index (χ1) is 18.5. The van der Waals surface area contributed by atoms with Gasteiger partial charge in [0, 0.05) is 12.8 Å². The molecule has 0 amide bonds. The minimum Gasteiger partial charge on any atom is -0.476 e. The number of carbonyl (C=O) groups is 4. The average molecular weight is 545 g/mol. The molecule has 9 heteroatoms. The van der Waals surface area contributed by atoms with E-state index < -0.39 is 17.7 Å². The van der Waals surface area contributed by atoms with E-state index in [1.54, 1.807) is 0 Å². The van der Waals surface area contributed by atoms with Gasteiger partial charge in [0.15, 0.2) is 0 Å². The predicted molar refractivity (Wildman–Crippen MR) is 145 cm³/mol. The number of rotatable bonds is 29. The van der Waals surface area contributed by atoms with E-state index in [-0.39, 0.29) is 38.6 Å². The smallest absolute Gasteiger partial charge is 0.372 e. The Morgan fingerprint density at radius 1 is 0.474 bits per heavy atom. The highest BCUT2D eigenvalue weighted by molar-refractivity contribution is 6.32. The first kappa shape index (κ1) is 36.0. The lowest BCUT2D eigenvalue weighted by molar-refractivity contribution is -0.151. The van der Waals surface area contributed by atoms with Gasteiger partial charge in [0.2, 0.25) is 5.78 Å². The summed E-state index contributed by atoms with van der Waals surface area (Å²) in [5.74, 6) is -3.42. The van der Waals surface area contributed by atoms with Crippen LogP contribution in [0, 0.1) is 0 Å². The lowest BCUT2D eigenvalue weighted by atomic mass is 10.0. The lowest BCUT2D eigenvalue weighted by Gasteiger charge is -2.08. The van der Waals surface area contributed by atoms with Crippen LogP contribution in [0.4, 0.5) is 0 Å². The number of hydrogen-bond donors (Lipinski definition) is 1. The molecule has 38 heavy (non-hydrogen) atoms. The molecule has 0 rings (SSSR count). The molecule has 0 aromatic carbocycles. The van der Waals surface area contributed by atoms with E-state index in [1.165, 1.54) is 83.5 Å². The number of esters is 2. The molecule has 0 heterocycles. The number of ketones is 1. The molecule has 0 aliphatic rings. The second-order valence-corrected chi connectivity index (χ2v) is 9.59. The summed E-state index contributed by atoms with van der Waals surface area (Å²) in [6.07, 6.45) is 19.2. The average Bonchev–Trinajstić information content (AvgIpc) is 2.90. The first-order valence-electron chi connectivity index (χ1n) is 14.7. The van der Waals surface area contributed by atoms with Crippen LogP contribution < -0.4 is 0 Å². The van der Waals surface area contributed by atoms with Crippen molar-refractivity contribution in [1.29, 1.82) is 0 Å². The van der Waals surface area contributed by atoms with Crippen LogP contribution in [0.25, 0.3) is 0 Å². The minimum absolute atomic E-state index is 0.0109. The molecule has 0 unspecified atom stereocenters. The van der Waals surface area contributed by atoms with Gasteiger partial charge in [-0.15, -0.1) is 0 Å². The van der Waals surface area contributed by atoms with Crippen molar-refractivity contribution in [3.05, 3.63) is 0 Å². The van der Waals surface area contributed by atoms with Crippen molar-refractivity contribution >= 4 is 23.7 Å². The second-order valence-electron chi connectivity index (χ2n) is 9.59. The van der Waals surface area contributed by atoms with Gasteiger partial charge < -0.3 is 24.1 Å². The van der Waals surface area contributed by atoms with Gasteiger partial charge in [0.25, 0.3) is 0 Å². The molecule has 222 valence electrons. The molecular formula is C29H52O9. The van der Waals surface area contributed by atoms with Crippen LogP contribution in [-0.2, 0) is 38.1 Å². The van der Waals surface area contributed by atoms with Crippen LogP contribution in [0.2, 0.25) is 0 Å². The lowest BCUT2D eigenvalue weighted by Crippen LogP contribution is -2.17. The van der Waals surface area contributed by atoms with Gasteiger partial charge >= 0.3 is 17.9 Å². The normalized spacial score (nSPS) is 10.9. The summed E-state index contributed by atoms with van der Waals surface area (Å²) in [7, 11) is 0. The van der Waals surface area contributed by atoms with Crippen LogP contribution in [0.5, 0.6) is 0 Å². The number of ether oxygens (including phenoxy) is 4. The van der Waals surface area contributed by atoms with Crippen molar-refractivity contribution in [3.63, 3.8) is 0 Å². The zero-order chi connectivity index (χ0) is 28.1. The number of carbonyl (C=O) groups excluding carboxylic acids is 3. The van der Waals surface area contributed by atoms with Gasteiger partial charge in [-0.2, -0.15) is 0 Å². The van der Waals surface area contributed by atoms with E-state index in [2.05, 4.69) is 6.92 Å². The quantitative estimate of drug-likeness (QED) is 0.0706. The molecule has 0 aliphatic heterocycles. The molecular weight excluding hydrogens is 492 g/mol. The highest BCUT2D eigenvalue weighted by atomic mass is 16.6. The Kier molecular flexibility index (Phi) is 26.5. The molecule has 0 aromatic rings. The number of unbranched alkanes of at least 4 members (excludes halogenated alkanes) is 14. The maximum atomic E-state index is 11.8. The summed E-state index contributed by atoms with van der Waals surface area (Å²) >= 11 is 0. The van der Waals surface area contributed by atoms with Crippen molar-refractivity contribution < 1.29 is 43.2 Å². The Morgan fingerprint density at radius 2 is 0.842 bits per heavy atom. The van der Waals surface area contributed by atoms with Crippen molar-refractivity contribution in [3.8, 4) is 0 Å². The third-order valence-corrected chi connectivity index (χ3v) is 6.13. The maximum absolute atomic E-state index is 11.8. The number of Topliss-reactive ketones (excluding diaryl/α,β-unsaturated/α-hetero) is 1. The molecule has 0 fully saturated rings. The molecule has 1 N–H and O–H groups in total. The van der Waals surface area contributed by atoms with Crippen molar-refractivity contribution in [1.82, 2.24) is 0 Å². The standard InChI is InChI=1S/C29H52O9/c1-2-3-4-5-6-7-8-9-10-11-12-13-14-15-16-17-27(31)37-24-22-35-20-21-36-23-25-38-28(32)19-18-26(30)29(33)34/h2-25H2,1H3,(H,33,34). The Bertz CT molecular complexity index is 607. The van der Waals surface area contributed by atoms with Gasteiger partial charge in [0.1, 0.15) is 13.2 Å². The zero-order valence-corrected chi connectivity index (χ0v) is 23.7. The highest BCUT2D eigenvalue weighted by Gasteiger charge is 2.14. The van der Waals surface area contributed by atoms with E-state index in [4.69, 9.17) is 24.1 Å². The maximum Gasteiger partial charge on any atom is 0.372 e. The Labute approximate surface area is 229 Å². The number of aliphatic carboxylic acids is 1. The number of carboxylic acids is 1. The van der Waals surface area contributed by atoms with E-state index in [0.717, 1.165) is 12.8 Å². The van der Waals surface area contributed by atoms with Crippen molar-refractivity contribution in [2.75, 3.05) is 39.6 Å². The summed E-state index contributed by atoms with van der Waals surface area (Å²) in [6.45, 7) is 3.55. The molecule has 0 spiro atoms. The van der Waals surface area contributed by atoms with Gasteiger partial charge in [0.05, 0.1) is 32.8 Å². The molecule has 0 bridgehead atoms. The Morgan fingerprint density at radius 3 is 1.26 bits per heavy atom. The fourth-order valence-corrected chi connectivity index (χ4v) is 3.86. The fraction of sp³-hybridized carbons (Fsp3) is 0.862. The van der Waals surface area contributed by atoms with Crippen LogP contribution in [-0.4, -0.2) is 68.4 Å². The third-order valence-electron chi connectivity index (χ3n) is 6.13. The van der Waals surface area contributed by atoms with E-state index >= 15 is 0 Å². The van der Waals surface area contributed by atoms with Crippen molar-refractivity contribution in [2.24, 2.45) is 0 Å². The highest BCUT2D eigenvalue weighted by Crippen LogP contribution is 2.13. The second kappa shape index (κ2) is 28.0. The molecule has 0 saturated carbocycles.